The number of hydrogen-bond donors (Lipinski definition) is 1. The maximum Gasteiger partial charge on any atom is 0.251 e. The Labute approximate surface area is 216 Å². The van der Waals surface area contributed by atoms with Gasteiger partial charge in [0, 0.05) is 16.8 Å². The van der Waals surface area contributed by atoms with Crippen molar-refractivity contribution in [3.63, 3.8) is 0 Å². The summed E-state index contributed by atoms with van der Waals surface area (Å²) in [5, 5.41) is 16.1. The first-order valence-electron chi connectivity index (χ1n) is 12.7. The zero-order valence-corrected chi connectivity index (χ0v) is 21.6. The number of halogens is 1. The fraction of sp³-hybridized carbons (Fsp3) is 0.500. The molecule has 2 amide bonds. The third-order valence-electron chi connectivity index (χ3n) is 6.46. The Morgan fingerprint density at radius 3 is 2.58 bits per heavy atom. The van der Waals surface area contributed by atoms with E-state index < -0.39 is 6.04 Å². The molecule has 1 N–H and O–H groups in total. The van der Waals surface area contributed by atoms with Crippen molar-refractivity contribution in [3.8, 4) is 11.6 Å². The van der Waals surface area contributed by atoms with E-state index in [0.717, 1.165) is 44.3 Å². The Morgan fingerprint density at radius 1 is 1.17 bits per heavy atom. The van der Waals surface area contributed by atoms with Gasteiger partial charge in [0.1, 0.15) is 18.3 Å². The van der Waals surface area contributed by atoms with E-state index in [-0.39, 0.29) is 24.4 Å². The molecular formula is C26H33ClN6O3. The molecule has 2 heterocycles. The predicted molar refractivity (Wildman–Crippen MR) is 138 cm³/mol. The molecule has 1 atom stereocenters. The van der Waals surface area contributed by atoms with Gasteiger partial charge in [-0.1, -0.05) is 50.6 Å². The number of aromatic nitrogens is 4. The zero-order chi connectivity index (χ0) is 25.5. The molecule has 192 valence electrons. The fourth-order valence-corrected chi connectivity index (χ4v) is 4.71. The van der Waals surface area contributed by atoms with E-state index in [9.17, 15) is 9.59 Å². The lowest BCUT2D eigenvalue weighted by Crippen LogP contribution is -2.53. The molecule has 0 saturated heterocycles. The standard InChI is InChI=1S/C26H33ClN6O3/c1-3-4-10-22(26(35)28-20-8-6-5-7-9-20)33(21-14-12-19(27)13-15-21)24(34)17-32-30-25(29-31-32)23-16-11-18(2)36-23/h11-16,20,22H,3-10,17H2,1-2H3,(H,28,35)/t22-/m0/s1. The summed E-state index contributed by atoms with van der Waals surface area (Å²) < 4.78 is 5.56. The third kappa shape index (κ3) is 6.51. The molecule has 9 nitrogen and oxygen atoms in total. The van der Waals surface area contributed by atoms with Gasteiger partial charge < -0.3 is 9.73 Å². The summed E-state index contributed by atoms with van der Waals surface area (Å²) in [7, 11) is 0. The van der Waals surface area contributed by atoms with Crippen LogP contribution in [0.1, 0.15) is 64.1 Å². The van der Waals surface area contributed by atoms with Crippen LogP contribution in [0.5, 0.6) is 0 Å². The first-order valence-corrected chi connectivity index (χ1v) is 13.0. The highest BCUT2D eigenvalue weighted by atomic mass is 35.5. The normalized spacial score (nSPS) is 15.0. The van der Waals surface area contributed by atoms with Crippen LogP contribution in [0.25, 0.3) is 11.6 Å². The van der Waals surface area contributed by atoms with Gasteiger partial charge >= 0.3 is 0 Å². The molecule has 0 unspecified atom stereocenters. The summed E-state index contributed by atoms with van der Waals surface area (Å²) in [6.07, 6.45) is 7.63. The van der Waals surface area contributed by atoms with Gasteiger partial charge in [0.2, 0.25) is 11.7 Å². The van der Waals surface area contributed by atoms with E-state index in [0.29, 0.717) is 28.7 Å². The van der Waals surface area contributed by atoms with E-state index in [1.807, 2.05) is 13.0 Å². The maximum atomic E-state index is 13.7. The molecule has 1 fully saturated rings. The number of amides is 2. The molecule has 4 rings (SSSR count). The minimum Gasteiger partial charge on any atom is -0.458 e. The average Bonchev–Trinajstić information content (AvgIpc) is 3.52. The summed E-state index contributed by atoms with van der Waals surface area (Å²) in [5.41, 5.74) is 0.603. The van der Waals surface area contributed by atoms with E-state index in [4.69, 9.17) is 16.0 Å². The molecule has 0 bridgehead atoms. The Kier molecular flexibility index (Phi) is 8.74. The quantitative estimate of drug-likeness (QED) is 0.412. The highest BCUT2D eigenvalue weighted by Crippen LogP contribution is 2.25. The number of nitrogens with one attached hydrogen (secondary N) is 1. The van der Waals surface area contributed by atoms with E-state index in [2.05, 4.69) is 27.7 Å². The second-order valence-corrected chi connectivity index (χ2v) is 9.73. The summed E-state index contributed by atoms with van der Waals surface area (Å²) in [4.78, 5) is 30.1. The minimum atomic E-state index is -0.656. The first kappa shape index (κ1) is 25.9. The van der Waals surface area contributed by atoms with Gasteiger partial charge in [-0.05, 0) is 67.8 Å². The molecule has 36 heavy (non-hydrogen) atoms. The Bertz CT molecular complexity index is 1150. The van der Waals surface area contributed by atoms with Gasteiger partial charge in [0.05, 0.1) is 0 Å². The van der Waals surface area contributed by atoms with Crippen LogP contribution in [0.4, 0.5) is 5.69 Å². The highest BCUT2D eigenvalue weighted by Gasteiger charge is 2.32. The van der Waals surface area contributed by atoms with E-state index >= 15 is 0 Å². The van der Waals surface area contributed by atoms with Gasteiger partial charge in [-0.2, -0.15) is 4.80 Å². The fourth-order valence-electron chi connectivity index (χ4n) is 4.58. The average molecular weight is 513 g/mol. The maximum absolute atomic E-state index is 13.7. The molecule has 10 heteroatoms. The van der Waals surface area contributed by atoms with Crippen molar-refractivity contribution < 1.29 is 14.0 Å². The number of furan rings is 1. The number of unbranched alkanes of at least 4 members (excludes halogenated alkanes) is 1. The molecule has 1 aliphatic rings. The number of tetrazole rings is 1. The number of nitrogens with zero attached hydrogens (tertiary/aromatic N) is 5. The molecule has 3 aromatic rings. The zero-order valence-electron chi connectivity index (χ0n) is 20.8. The lowest BCUT2D eigenvalue weighted by molar-refractivity contribution is -0.127. The van der Waals surface area contributed by atoms with Crippen molar-refractivity contribution in [1.29, 1.82) is 0 Å². The lowest BCUT2D eigenvalue weighted by atomic mass is 9.95. The topological polar surface area (TPSA) is 106 Å². The van der Waals surface area contributed by atoms with E-state index in [1.54, 1.807) is 35.2 Å². The van der Waals surface area contributed by atoms with Crippen LogP contribution in [0, 0.1) is 6.92 Å². The highest BCUT2D eigenvalue weighted by molar-refractivity contribution is 6.30. The lowest BCUT2D eigenvalue weighted by Gasteiger charge is -2.33. The molecule has 1 saturated carbocycles. The molecular weight excluding hydrogens is 480 g/mol. The smallest absolute Gasteiger partial charge is 0.251 e. The van der Waals surface area contributed by atoms with Crippen molar-refractivity contribution in [1.82, 2.24) is 25.5 Å². The van der Waals surface area contributed by atoms with Crippen LogP contribution in [0.15, 0.2) is 40.8 Å². The summed E-state index contributed by atoms with van der Waals surface area (Å²) in [5.74, 6) is 1.07. The second-order valence-electron chi connectivity index (χ2n) is 9.30. The van der Waals surface area contributed by atoms with Crippen molar-refractivity contribution in [2.45, 2.75) is 83.8 Å². The minimum absolute atomic E-state index is 0.128. The molecule has 0 radical (unpaired) electrons. The van der Waals surface area contributed by atoms with Crippen LogP contribution in [-0.2, 0) is 16.1 Å². The number of benzene rings is 1. The molecule has 0 spiro atoms. The van der Waals surface area contributed by atoms with Gasteiger partial charge in [-0.3, -0.25) is 14.5 Å². The van der Waals surface area contributed by atoms with Crippen molar-refractivity contribution >= 4 is 29.1 Å². The second kappa shape index (κ2) is 12.2. The van der Waals surface area contributed by atoms with E-state index in [1.165, 1.54) is 11.2 Å². The SMILES string of the molecule is CCCC[C@@H](C(=O)NC1CCCCC1)N(C(=O)Cn1nnc(-c2ccc(C)o2)n1)c1ccc(Cl)cc1. The van der Waals surface area contributed by atoms with Crippen molar-refractivity contribution in [2.24, 2.45) is 0 Å². The Morgan fingerprint density at radius 2 is 1.92 bits per heavy atom. The number of carbonyl (C=O) groups is 2. The first-order chi connectivity index (χ1) is 17.4. The van der Waals surface area contributed by atoms with Gasteiger partial charge in [0.25, 0.3) is 5.91 Å². The Hall–Kier alpha value is -3.20. The molecule has 1 aliphatic carbocycles. The van der Waals surface area contributed by atoms with Crippen molar-refractivity contribution in [3.05, 3.63) is 47.2 Å². The predicted octanol–water partition coefficient (Wildman–Crippen LogP) is 4.94. The number of anilines is 1. The van der Waals surface area contributed by atoms with Gasteiger partial charge in [-0.25, -0.2) is 0 Å². The monoisotopic (exact) mass is 512 g/mol. The van der Waals surface area contributed by atoms with Crippen LogP contribution in [0.3, 0.4) is 0 Å². The number of rotatable bonds is 10. The number of carbonyl (C=O) groups excluding carboxylic acids is 2. The van der Waals surface area contributed by atoms with Gasteiger partial charge in [0.15, 0.2) is 5.76 Å². The molecule has 2 aromatic heterocycles. The largest absolute Gasteiger partial charge is 0.458 e. The van der Waals surface area contributed by atoms with Crippen molar-refractivity contribution in [2.75, 3.05) is 4.90 Å². The Balaban J connectivity index is 1.59. The summed E-state index contributed by atoms with van der Waals surface area (Å²) in [6.45, 7) is 3.73. The number of aryl methyl sites for hydroxylation is 1. The van der Waals surface area contributed by atoms with Gasteiger partial charge in [-0.15, -0.1) is 10.2 Å². The molecule has 1 aromatic carbocycles. The van der Waals surface area contributed by atoms with Crippen LogP contribution in [0.2, 0.25) is 5.02 Å². The van der Waals surface area contributed by atoms with Crippen LogP contribution < -0.4 is 10.2 Å². The number of hydrogen-bond acceptors (Lipinski definition) is 6. The molecule has 0 aliphatic heterocycles. The van der Waals surface area contributed by atoms with Crippen LogP contribution in [-0.4, -0.2) is 44.1 Å². The summed E-state index contributed by atoms with van der Waals surface area (Å²) in [6, 6.07) is 10.0. The summed E-state index contributed by atoms with van der Waals surface area (Å²) >= 11 is 6.12. The van der Waals surface area contributed by atoms with Crippen LogP contribution >= 0.6 is 11.6 Å². The third-order valence-corrected chi connectivity index (χ3v) is 6.71.